The van der Waals surface area contributed by atoms with Crippen molar-refractivity contribution in [3.63, 3.8) is 0 Å². The number of nitrogens with zero attached hydrogens (tertiary/aromatic N) is 2. The third kappa shape index (κ3) is 7.00. The maximum absolute atomic E-state index is 14.1. The van der Waals surface area contributed by atoms with Crippen molar-refractivity contribution in [2.24, 2.45) is 0 Å². The van der Waals surface area contributed by atoms with Crippen LogP contribution in [0.1, 0.15) is 42.5 Å². The molecule has 1 aliphatic rings. The number of likely N-dealkylation sites (tertiary alicyclic amines) is 1. The molecule has 3 aromatic rings. The number of carboxylic acids is 1. The van der Waals surface area contributed by atoms with Gasteiger partial charge in [0.1, 0.15) is 0 Å². The average Bonchev–Trinajstić information content (AvgIpc) is 2.82. The predicted molar refractivity (Wildman–Crippen MR) is 126 cm³/mol. The SMILES string of the molecule is O=C([O-])Cn1c(CCc2cccc(F)c2F)cc(=O)c2ccc(CCCN3CCCCC3)cc21.[Na+]. The Morgan fingerprint density at radius 2 is 1.74 bits per heavy atom. The minimum absolute atomic E-state index is 0. The zero-order valence-electron chi connectivity index (χ0n) is 20.2. The summed E-state index contributed by atoms with van der Waals surface area (Å²) in [7, 11) is 0. The third-order valence-electron chi connectivity index (χ3n) is 6.62. The Labute approximate surface area is 226 Å². The standard InChI is InChI=1S/C27H30F2N2O3.Na/c28-23-8-4-7-20(27(23)29)10-11-21-17-25(32)22-12-9-19(16-24(22)31(21)18-26(33)34)6-5-15-30-13-2-1-3-14-30;/h4,7-9,12,16-17H,1-3,5-6,10-11,13-15,18H2,(H,33,34);/q;+1/p-1. The van der Waals surface area contributed by atoms with Crippen LogP contribution in [0.15, 0.2) is 47.3 Å². The number of halogens is 2. The number of piperidine rings is 1. The van der Waals surface area contributed by atoms with E-state index in [2.05, 4.69) is 4.90 Å². The molecule has 0 saturated carbocycles. The van der Waals surface area contributed by atoms with Gasteiger partial charge in [-0.15, -0.1) is 0 Å². The molecule has 1 saturated heterocycles. The topological polar surface area (TPSA) is 65.4 Å². The molecule has 2 aromatic carbocycles. The Kier molecular flexibility index (Phi) is 10.0. The molecular weight excluding hydrogens is 461 g/mol. The summed E-state index contributed by atoms with van der Waals surface area (Å²) in [5.74, 6) is -3.14. The van der Waals surface area contributed by atoms with Crippen LogP contribution in [0.3, 0.4) is 0 Å². The smallest absolute Gasteiger partial charge is 0.548 e. The molecule has 0 atom stereocenters. The van der Waals surface area contributed by atoms with Crippen molar-refractivity contribution in [2.75, 3.05) is 19.6 Å². The Bertz CT molecular complexity index is 1240. The number of pyridine rings is 1. The molecule has 0 spiro atoms. The summed E-state index contributed by atoms with van der Waals surface area (Å²) in [5.41, 5.74) is 1.97. The minimum Gasteiger partial charge on any atom is -0.548 e. The van der Waals surface area contributed by atoms with E-state index >= 15 is 0 Å². The number of carboxylic acid groups (broad SMARTS) is 1. The van der Waals surface area contributed by atoms with Gasteiger partial charge in [-0.3, -0.25) is 4.79 Å². The number of aromatic nitrogens is 1. The van der Waals surface area contributed by atoms with Crippen LogP contribution in [0.4, 0.5) is 8.78 Å². The second-order valence-corrected chi connectivity index (χ2v) is 9.03. The summed E-state index contributed by atoms with van der Waals surface area (Å²) in [6, 6.07) is 10.9. The average molecular weight is 491 g/mol. The van der Waals surface area contributed by atoms with Crippen LogP contribution in [-0.2, 0) is 30.6 Å². The number of hydrogen-bond acceptors (Lipinski definition) is 4. The van der Waals surface area contributed by atoms with Crippen LogP contribution in [0, 0.1) is 11.6 Å². The van der Waals surface area contributed by atoms with Crippen LogP contribution in [0.25, 0.3) is 10.9 Å². The van der Waals surface area contributed by atoms with Gasteiger partial charge < -0.3 is 19.4 Å². The monoisotopic (exact) mass is 490 g/mol. The fourth-order valence-corrected chi connectivity index (χ4v) is 4.84. The van der Waals surface area contributed by atoms with Crippen LogP contribution < -0.4 is 40.1 Å². The normalized spacial score (nSPS) is 14.1. The van der Waals surface area contributed by atoms with Crippen LogP contribution in [0.2, 0.25) is 0 Å². The zero-order chi connectivity index (χ0) is 24.1. The van der Waals surface area contributed by atoms with Crippen molar-refractivity contribution in [3.8, 4) is 0 Å². The molecule has 180 valence electrons. The molecule has 5 nitrogen and oxygen atoms in total. The van der Waals surface area contributed by atoms with E-state index in [1.54, 1.807) is 10.6 Å². The Morgan fingerprint density at radius 1 is 0.971 bits per heavy atom. The summed E-state index contributed by atoms with van der Waals surface area (Å²) in [4.78, 5) is 26.8. The van der Waals surface area contributed by atoms with E-state index in [1.807, 2.05) is 12.1 Å². The molecule has 1 aromatic heterocycles. The van der Waals surface area contributed by atoms with Gasteiger partial charge in [0.05, 0.1) is 18.0 Å². The van der Waals surface area contributed by atoms with Crippen LogP contribution in [0.5, 0.6) is 0 Å². The van der Waals surface area contributed by atoms with Crippen molar-refractivity contribution >= 4 is 16.9 Å². The van der Waals surface area contributed by atoms with Gasteiger partial charge in [0.15, 0.2) is 17.1 Å². The second kappa shape index (κ2) is 12.8. The maximum Gasteiger partial charge on any atom is 1.00 e. The molecule has 1 aliphatic heterocycles. The first-order valence-electron chi connectivity index (χ1n) is 11.9. The Morgan fingerprint density at radius 3 is 2.49 bits per heavy atom. The maximum atomic E-state index is 14.1. The Balaban J connectivity index is 0.00000342. The number of aliphatic carboxylic acids is 1. The molecule has 0 amide bonds. The molecule has 35 heavy (non-hydrogen) atoms. The van der Waals surface area contributed by atoms with E-state index in [1.165, 1.54) is 37.5 Å². The second-order valence-electron chi connectivity index (χ2n) is 9.03. The quantitative estimate of drug-likeness (QED) is 0.403. The molecule has 2 heterocycles. The van der Waals surface area contributed by atoms with Crippen molar-refractivity contribution < 1.29 is 48.2 Å². The zero-order valence-corrected chi connectivity index (χ0v) is 22.2. The van der Waals surface area contributed by atoms with Gasteiger partial charge in [0.25, 0.3) is 0 Å². The molecular formula is C27H29F2N2NaO3. The van der Waals surface area contributed by atoms with E-state index in [0.29, 0.717) is 16.6 Å². The first-order valence-corrected chi connectivity index (χ1v) is 11.9. The fraction of sp³-hybridized carbons (Fsp3) is 0.407. The minimum atomic E-state index is -1.28. The van der Waals surface area contributed by atoms with Crippen LogP contribution >= 0.6 is 0 Å². The molecule has 0 unspecified atom stereocenters. The number of fused-ring (bicyclic) bond motifs is 1. The predicted octanol–water partition coefficient (Wildman–Crippen LogP) is 0.237. The molecule has 1 fully saturated rings. The first kappa shape index (κ1) is 27.5. The van der Waals surface area contributed by atoms with Gasteiger partial charge in [-0.05, 0) is 87.5 Å². The molecule has 0 N–H and O–H groups in total. The van der Waals surface area contributed by atoms with Gasteiger partial charge >= 0.3 is 29.6 Å². The molecule has 0 bridgehead atoms. The van der Waals surface area contributed by atoms with E-state index in [4.69, 9.17) is 0 Å². The molecule has 0 aliphatic carbocycles. The van der Waals surface area contributed by atoms with E-state index in [9.17, 15) is 23.5 Å². The first-order chi connectivity index (χ1) is 16.4. The summed E-state index contributed by atoms with van der Waals surface area (Å²) < 4.78 is 29.2. The third-order valence-corrected chi connectivity index (χ3v) is 6.62. The van der Waals surface area contributed by atoms with E-state index in [-0.39, 0.29) is 53.4 Å². The van der Waals surface area contributed by atoms with Gasteiger partial charge in [0.2, 0.25) is 0 Å². The van der Waals surface area contributed by atoms with Crippen LogP contribution in [-0.4, -0.2) is 35.1 Å². The summed E-state index contributed by atoms with van der Waals surface area (Å²) in [6.45, 7) is 2.87. The summed E-state index contributed by atoms with van der Waals surface area (Å²) >= 11 is 0. The van der Waals surface area contributed by atoms with Gasteiger partial charge in [0, 0.05) is 17.1 Å². The number of aryl methyl sites for hydroxylation is 3. The van der Waals surface area contributed by atoms with Gasteiger partial charge in [-0.2, -0.15) is 0 Å². The van der Waals surface area contributed by atoms with E-state index < -0.39 is 24.1 Å². The number of rotatable bonds is 9. The number of benzene rings is 2. The molecule has 8 heteroatoms. The van der Waals surface area contributed by atoms with E-state index in [0.717, 1.165) is 44.1 Å². The van der Waals surface area contributed by atoms with Crippen molar-refractivity contribution in [1.29, 1.82) is 0 Å². The molecule has 4 rings (SSSR count). The fourth-order valence-electron chi connectivity index (χ4n) is 4.84. The Hall–Kier alpha value is -2.06. The number of carbonyl (C=O) groups is 1. The summed E-state index contributed by atoms with van der Waals surface area (Å²) in [6.07, 6.45) is 5.92. The molecule has 0 radical (unpaired) electrons. The van der Waals surface area contributed by atoms with Crippen molar-refractivity contribution in [2.45, 2.75) is 51.5 Å². The summed E-state index contributed by atoms with van der Waals surface area (Å²) in [5, 5.41) is 12.0. The number of hydrogen-bond donors (Lipinski definition) is 0. The number of carbonyl (C=O) groups excluding carboxylic acids is 1. The van der Waals surface area contributed by atoms with Crippen molar-refractivity contribution in [1.82, 2.24) is 9.47 Å². The largest absolute Gasteiger partial charge is 1.00 e. The van der Waals surface area contributed by atoms with Crippen molar-refractivity contribution in [3.05, 3.63) is 81.1 Å². The van der Waals surface area contributed by atoms with Gasteiger partial charge in [-0.1, -0.05) is 24.6 Å². The van der Waals surface area contributed by atoms with Gasteiger partial charge in [-0.25, -0.2) is 8.78 Å².